The summed E-state index contributed by atoms with van der Waals surface area (Å²) in [7, 11) is 0. The van der Waals surface area contributed by atoms with Crippen LogP contribution < -0.4 is 5.73 Å². The lowest BCUT2D eigenvalue weighted by molar-refractivity contribution is -0.121. The van der Waals surface area contributed by atoms with Crippen molar-refractivity contribution in [2.75, 3.05) is 6.54 Å². The summed E-state index contributed by atoms with van der Waals surface area (Å²) in [5, 5.41) is 14.5. The molecule has 0 spiro atoms. The summed E-state index contributed by atoms with van der Waals surface area (Å²) in [5.74, 6) is -0.914. The van der Waals surface area contributed by atoms with Gasteiger partial charge in [-0.05, 0) is 31.9 Å². The van der Waals surface area contributed by atoms with Crippen LogP contribution in [0.25, 0.3) is 11.3 Å². The summed E-state index contributed by atoms with van der Waals surface area (Å²) in [6.45, 7) is 1.90. The molecule has 1 fully saturated rings. The molecule has 8 heteroatoms. The van der Waals surface area contributed by atoms with Crippen molar-refractivity contribution < 1.29 is 19.2 Å². The van der Waals surface area contributed by atoms with E-state index in [4.69, 9.17) is 21.9 Å². The highest BCUT2D eigenvalue weighted by atomic mass is 35.5. The summed E-state index contributed by atoms with van der Waals surface area (Å²) in [4.78, 5) is 26.1. The number of aliphatic hydroxyl groups excluding tert-OH is 1. The van der Waals surface area contributed by atoms with E-state index in [2.05, 4.69) is 5.16 Å². The first kappa shape index (κ1) is 17.4. The van der Waals surface area contributed by atoms with Gasteiger partial charge in [-0.3, -0.25) is 9.59 Å². The summed E-state index contributed by atoms with van der Waals surface area (Å²) in [6, 6.07) is 6.09. The van der Waals surface area contributed by atoms with E-state index in [-0.39, 0.29) is 11.3 Å². The Balaban J connectivity index is 2.07. The van der Waals surface area contributed by atoms with Crippen molar-refractivity contribution in [3.8, 4) is 11.3 Å². The average molecular weight is 364 g/mol. The molecule has 1 aromatic heterocycles. The number of carbonyl (C=O) groups is 2. The monoisotopic (exact) mass is 363 g/mol. The zero-order chi connectivity index (χ0) is 18.1. The van der Waals surface area contributed by atoms with Gasteiger partial charge in [-0.25, -0.2) is 0 Å². The minimum absolute atomic E-state index is 0.0603. The molecule has 0 bridgehead atoms. The van der Waals surface area contributed by atoms with Crippen molar-refractivity contribution in [2.45, 2.75) is 31.9 Å². The zero-order valence-electron chi connectivity index (χ0n) is 13.6. The Labute approximate surface area is 149 Å². The molecule has 2 heterocycles. The number of hydrogen-bond donors (Lipinski definition) is 2. The minimum Gasteiger partial charge on any atom is -0.385 e. The van der Waals surface area contributed by atoms with Crippen LogP contribution in [-0.4, -0.2) is 39.6 Å². The SMILES string of the molecule is CC(O)c1onc(-c2ccc(Cl)cc2)c1C(=O)N1CCCC1C(N)=O. The van der Waals surface area contributed by atoms with E-state index in [9.17, 15) is 14.7 Å². The first-order valence-electron chi connectivity index (χ1n) is 7.94. The topological polar surface area (TPSA) is 110 Å². The van der Waals surface area contributed by atoms with Gasteiger partial charge < -0.3 is 20.3 Å². The Bertz CT molecular complexity index is 801. The molecular formula is C17H18ClN3O4. The van der Waals surface area contributed by atoms with Crippen LogP contribution in [-0.2, 0) is 4.79 Å². The summed E-state index contributed by atoms with van der Waals surface area (Å²) >= 11 is 5.90. The first-order chi connectivity index (χ1) is 11.9. The highest BCUT2D eigenvalue weighted by molar-refractivity contribution is 6.30. The van der Waals surface area contributed by atoms with Crippen LogP contribution in [0.4, 0.5) is 0 Å². The summed E-state index contributed by atoms with van der Waals surface area (Å²) in [6.07, 6.45) is 0.180. The van der Waals surface area contributed by atoms with Crippen molar-refractivity contribution in [3.63, 3.8) is 0 Å². The van der Waals surface area contributed by atoms with E-state index in [0.717, 1.165) is 0 Å². The van der Waals surface area contributed by atoms with Crippen LogP contribution in [0.1, 0.15) is 42.0 Å². The van der Waals surface area contributed by atoms with Crippen LogP contribution in [0.5, 0.6) is 0 Å². The highest BCUT2D eigenvalue weighted by Gasteiger charge is 2.37. The van der Waals surface area contributed by atoms with Crippen LogP contribution >= 0.6 is 11.6 Å². The predicted octanol–water partition coefficient (Wildman–Crippen LogP) is 2.14. The largest absolute Gasteiger partial charge is 0.385 e. The lowest BCUT2D eigenvalue weighted by Gasteiger charge is -2.22. The second kappa shape index (κ2) is 6.85. The average Bonchev–Trinajstić information content (AvgIpc) is 3.22. The van der Waals surface area contributed by atoms with Crippen molar-refractivity contribution in [1.29, 1.82) is 0 Å². The first-order valence-corrected chi connectivity index (χ1v) is 8.31. The molecule has 2 aromatic rings. The lowest BCUT2D eigenvalue weighted by Crippen LogP contribution is -2.44. The number of benzene rings is 1. The Kier molecular flexibility index (Phi) is 4.78. The molecule has 0 saturated carbocycles. The standard InChI is InChI=1S/C17H18ClN3O4/c1-9(22)15-13(17(24)21-8-2-3-12(21)16(19)23)14(20-25-15)10-4-6-11(18)7-5-10/h4-7,9,12,22H,2-3,8H2,1H3,(H2,19,23). The maximum absolute atomic E-state index is 13.1. The smallest absolute Gasteiger partial charge is 0.260 e. The second-order valence-corrected chi connectivity index (χ2v) is 6.45. The number of aromatic nitrogens is 1. The molecule has 132 valence electrons. The minimum atomic E-state index is -1.03. The van der Waals surface area contributed by atoms with Crippen LogP contribution in [0.2, 0.25) is 5.02 Å². The van der Waals surface area contributed by atoms with E-state index < -0.39 is 24.0 Å². The quantitative estimate of drug-likeness (QED) is 0.864. The molecule has 1 aliphatic heterocycles. The van der Waals surface area contributed by atoms with Crippen molar-refractivity contribution in [3.05, 3.63) is 40.6 Å². The number of likely N-dealkylation sites (tertiary alicyclic amines) is 1. The number of rotatable bonds is 4. The molecule has 25 heavy (non-hydrogen) atoms. The number of amides is 2. The van der Waals surface area contributed by atoms with Gasteiger partial charge in [-0.2, -0.15) is 0 Å². The van der Waals surface area contributed by atoms with Crippen molar-refractivity contribution in [1.82, 2.24) is 10.1 Å². The molecule has 3 rings (SSSR count). The van der Waals surface area contributed by atoms with Gasteiger partial charge in [0.25, 0.3) is 5.91 Å². The van der Waals surface area contributed by atoms with Crippen LogP contribution in [0.15, 0.2) is 28.8 Å². The van der Waals surface area contributed by atoms with Gasteiger partial charge in [0.2, 0.25) is 5.91 Å². The molecule has 1 saturated heterocycles. The fraction of sp³-hybridized carbons (Fsp3) is 0.353. The van der Waals surface area contributed by atoms with Crippen LogP contribution in [0.3, 0.4) is 0 Å². The molecule has 1 aromatic carbocycles. The lowest BCUT2D eigenvalue weighted by atomic mass is 10.0. The third-order valence-corrected chi connectivity index (χ3v) is 4.52. The maximum atomic E-state index is 13.1. The van der Waals surface area contributed by atoms with E-state index in [1.54, 1.807) is 24.3 Å². The normalized spacial score (nSPS) is 18.4. The number of nitrogens with two attached hydrogens (primary N) is 1. The summed E-state index contributed by atoms with van der Waals surface area (Å²) in [5.41, 5.74) is 6.47. The molecule has 7 nitrogen and oxygen atoms in total. The molecule has 1 aliphatic rings. The third kappa shape index (κ3) is 3.25. The predicted molar refractivity (Wildman–Crippen MR) is 90.8 cm³/mol. The van der Waals surface area contributed by atoms with Crippen molar-refractivity contribution in [2.24, 2.45) is 5.73 Å². The number of halogens is 1. The van der Waals surface area contributed by atoms with Crippen molar-refractivity contribution >= 4 is 23.4 Å². The summed E-state index contributed by atoms with van der Waals surface area (Å²) < 4.78 is 5.22. The van der Waals surface area contributed by atoms with Gasteiger partial charge in [0.05, 0.1) is 0 Å². The fourth-order valence-electron chi connectivity index (χ4n) is 3.05. The molecule has 2 atom stereocenters. The number of primary amides is 1. The van der Waals surface area contributed by atoms with Gasteiger partial charge in [-0.15, -0.1) is 0 Å². The molecule has 3 N–H and O–H groups in total. The zero-order valence-corrected chi connectivity index (χ0v) is 14.4. The second-order valence-electron chi connectivity index (χ2n) is 6.01. The van der Waals surface area contributed by atoms with Crippen LogP contribution in [0, 0.1) is 0 Å². The Morgan fingerprint density at radius 1 is 1.40 bits per heavy atom. The third-order valence-electron chi connectivity index (χ3n) is 4.27. The van der Waals surface area contributed by atoms with Gasteiger partial charge in [0.1, 0.15) is 23.4 Å². The van der Waals surface area contributed by atoms with E-state index in [1.807, 2.05) is 0 Å². The Hall–Kier alpha value is -2.38. The molecule has 0 radical (unpaired) electrons. The fourth-order valence-corrected chi connectivity index (χ4v) is 3.17. The maximum Gasteiger partial charge on any atom is 0.260 e. The van der Waals surface area contributed by atoms with Gasteiger partial charge in [0.15, 0.2) is 5.76 Å². The number of carbonyl (C=O) groups excluding carboxylic acids is 2. The van der Waals surface area contributed by atoms with E-state index >= 15 is 0 Å². The Morgan fingerprint density at radius 3 is 2.68 bits per heavy atom. The van der Waals surface area contributed by atoms with E-state index in [0.29, 0.717) is 35.7 Å². The molecule has 2 amide bonds. The van der Waals surface area contributed by atoms with Gasteiger partial charge >= 0.3 is 0 Å². The number of aliphatic hydroxyl groups is 1. The molecule has 0 aliphatic carbocycles. The number of nitrogens with zero attached hydrogens (tertiary/aromatic N) is 2. The highest BCUT2D eigenvalue weighted by Crippen LogP contribution is 2.32. The van der Waals surface area contributed by atoms with Gasteiger partial charge in [-0.1, -0.05) is 28.9 Å². The van der Waals surface area contributed by atoms with E-state index in [1.165, 1.54) is 11.8 Å². The molecule has 2 unspecified atom stereocenters. The Morgan fingerprint density at radius 2 is 2.08 bits per heavy atom. The number of hydrogen-bond acceptors (Lipinski definition) is 5. The molecular weight excluding hydrogens is 346 g/mol. The van der Waals surface area contributed by atoms with Gasteiger partial charge in [0, 0.05) is 17.1 Å².